The van der Waals surface area contributed by atoms with E-state index < -0.39 is 0 Å². The molecule has 0 atom stereocenters. The largest absolute Gasteiger partial charge is 0.492 e. The molecule has 1 heterocycles. The molecule has 0 bridgehead atoms. The minimum Gasteiger partial charge on any atom is -0.492 e. The Balaban J connectivity index is 2.24. The Morgan fingerprint density at radius 2 is 2.00 bits per heavy atom. The van der Waals surface area contributed by atoms with Crippen LogP contribution < -0.4 is 0 Å². The molecule has 0 spiro atoms. The standard InChI is InChI=1S/C11H9N3OS/c15-10-9(7-13-11(16)14-10)12-6-8-4-2-1-3-5-8/h1-7H,(H2,13,14,15,16). The molecular formula is C11H9N3OS. The van der Waals surface area contributed by atoms with E-state index in [-0.39, 0.29) is 11.0 Å². The molecule has 1 aromatic heterocycles. The maximum atomic E-state index is 9.46. The number of aromatic nitrogens is 2. The van der Waals surface area contributed by atoms with E-state index in [0.29, 0.717) is 5.69 Å². The van der Waals surface area contributed by atoms with Crippen molar-refractivity contribution in [2.45, 2.75) is 5.16 Å². The SMILES string of the molecule is Oc1nc(S)ncc1N=Cc1ccccc1. The first-order valence-corrected chi connectivity index (χ1v) is 5.04. The Kier molecular flexibility index (Phi) is 3.16. The molecule has 0 saturated carbocycles. The van der Waals surface area contributed by atoms with Gasteiger partial charge in [-0.2, -0.15) is 4.98 Å². The molecule has 0 radical (unpaired) electrons. The maximum Gasteiger partial charge on any atom is 0.241 e. The highest BCUT2D eigenvalue weighted by Gasteiger charge is 2.01. The van der Waals surface area contributed by atoms with Gasteiger partial charge >= 0.3 is 0 Å². The molecule has 2 rings (SSSR count). The third kappa shape index (κ3) is 2.58. The van der Waals surface area contributed by atoms with Gasteiger partial charge in [-0.15, -0.1) is 12.6 Å². The van der Waals surface area contributed by atoms with Crippen molar-refractivity contribution in [2.75, 3.05) is 0 Å². The van der Waals surface area contributed by atoms with Crippen molar-refractivity contribution in [1.82, 2.24) is 9.97 Å². The minimum absolute atomic E-state index is 0.174. The zero-order valence-electron chi connectivity index (χ0n) is 8.28. The Morgan fingerprint density at radius 3 is 2.69 bits per heavy atom. The van der Waals surface area contributed by atoms with Crippen molar-refractivity contribution < 1.29 is 5.11 Å². The molecule has 16 heavy (non-hydrogen) atoms. The van der Waals surface area contributed by atoms with Gasteiger partial charge in [0.25, 0.3) is 0 Å². The summed E-state index contributed by atoms with van der Waals surface area (Å²) in [6, 6.07) is 9.57. The van der Waals surface area contributed by atoms with Gasteiger partial charge in [0.1, 0.15) is 5.69 Å². The monoisotopic (exact) mass is 231 g/mol. The molecule has 4 nitrogen and oxygen atoms in total. The van der Waals surface area contributed by atoms with E-state index >= 15 is 0 Å². The van der Waals surface area contributed by atoms with E-state index in [1.54, 1.807) is 6.21 Å². The molecule has 80 valence electrons. The lowest BCUT2D eigenvalue weighted by molar-refractivity contribution is 0.447. The Labute approximate surface area is 98.1 Å². The molecular weight excluding hydrogens is 222 g/mol. The molecule has 0 saturated heterocycles. The molecule has 0 fully saturated rings. The summed E-state index contributed by atoms with van der Waals surface area (Å²) in [5.74, 6) is -0.174. The van der Waals surface area contributed by atoms with Gasteiger partial charge in [-0.3, -0.25) is 0 Å². The van der Waals surface area contributed by atoms with Crippen LogP contribution in [0.1, 0.15) is 5.56 Å². The molecule has 2 aromatic rings. The van der Waals surface area contributed by atoms with Gasteiger partial charge in [0, 0.05) is 6.21 Å². The fourth-order valence-electron chi connectivity index (χ4n) is 1.13. The molecule has 0 unspecified atom stereocenters. The lowest BCUT2D eigenvalue weighted by atomic mass is 10.2. The van der Waals surface area contributed by atoms with E-state index in [9.17, 15) is 5.11 Å². The number of hydrogen-bond acceptors (Lipinski definition) is 5. The van der Waals surface area contributed by atoms with Crippen molar-refractivity contribution in [1.29, 1.82) is 0 Å². The number of aliphatic imine (C=N–C) groups is 1. The molecule has 0 aliphatic heterocycles. The molecule has 0 aliphatic rings. The number of benzene rings is 1. The molecule has 1 aromatic carbocycles. The Bertz CT molecular complexity index is 514. The number of hydrogen-bond donors (Lipinski definition) is 2. The number of nitrogens with zero attached hydrogens (tertiary/aromatic N) is 3. The van der Waals surface area contributed by atoms with Crippen LogP contribution >= 0.6 is 12.6 Å². The quantitative estimate of drug-likeness (QED) is 0.473. The van der Waals surface area contributed by atoms with Gasteiger partial charge in [0.2, 0.25) is 5.88 Å². The third-order valence-electron chi connectivity index (χ3n) is 1.89. The Morgan fingerprint density at radius 1 is 1.25 bits per heavy atom. The van der Waals surface area contributed by atoms with E-state index in [2.05, 4.69) is 27.6 Å². The molecule has 1 N–H and O–H groups in total. The van der Waals surface area contributed by atoms with E-state index in [4.69, 9.17) is 0 Å². The number of aromatic hydroxyl groups is 1. The van der Waals surface area contributed by atoms with Gasteiger partial charge in [-0.25, -0.2) is 9.98 Å². The van der Waals surface area contributed by atoms with Crippen LogP contribution in [-0.4, -0.2) is 21.3 Å². The fourth-order valence-corrected chi connectivity index (χ4v) is 1.28. The van der Waals surface area contributed by atoms with Crippen LogP contribution in [-0.2, 0) is 0 Å². The van der Waals surface area contributed by atoms with Crippen molar-refractivity contribution >= 4 is 24.5 Å². The van der Waals surface area contributed by atoms with Gasteiger partial charge in [-0.05, 0) is 5.56 Å². The van der Waals surface area contributed by atoms with Gasteiger partial charge < -0.3 is 5.11 Å². The highest BCUT2D eigenvalue weighted by Crippen LogP contribution is 2.22. The van der Waals surface area contributed by atoms with Crippen LogP contribution in [0.5, 0.6) is 5.88 Å². The zero-order valence-corrected chi connectivity index (χ0v) is 9.17. The molecule has 0 amide bonds. The summed E-state index contributed by atoms with van der Waals surface area (Å²) in [4.78, 5) is 11.6. The summed E-state index contributed by atoms with van der Waals surface area (Å²) in [6.07, 6.45) is 3.06. The maximum absolute atomic E-state index is 9.46. The normalized spacial score (nSPS) is 10.8. The third-order valence-corrected chi connectivity index (χ3v) is 2.11. The van der Waals surface area contributed by atoms with Crippen LogP contribution in [0.4, 0.5) is 5.69 Å². The summed E-state index contributed by atoms with van der Waals surface area (Å²) in [5, 5.41) is 9.67. The summed E-state index contributed by atoms with van der Waals surface area (Å²) < 4.78 is 0. The van der Waals surface area contributed by atoms with Crippen molar-refractivity contribution in [3.05, 3.63) is 42.1 Å². The first kappa shape index (κ1) is 10.6. The van der Waals surface area contributed by atoms with E-state index in [1.807, 2.05) is 30.3 Å². The second kappa shape index (κ2) is 4.76. The molecule has 0 aliphatic carbocycles. The van der Waals surface area contributed by atoms with Gasteiger partial charge in [0.15, 0.2) is 5.16 Å². The average Bonchev–Trinajstić information content (AvgIpc) is 2.29. The average molecular weight is 231 g/mol. The van der Waals surface area contributed by atoms with Crippen molar-refractivity contribution in [2.24, 2.45) is 4.99 Å². The van der Waals surface area contributed by atoms with E-state index in [0.717, 1.165) is 5.56 Å². The van der Waals surface area contributed by atoms with Crippen molar-refractivity contribution in [3.8, 4) is 5.88 Å². The van der Waals surface area contributed by atoms with Crippen LogP contribution in [0.2, 0.25) is 0 Å². The predicted octanol–water partition coefficient (Wildman–Crippen LogP) is 2.22. The number of thiol groups is 1. The van der Waals surface area contributed by atoms with Gasteiger partial charge in [-0.1, -0.05) is 30.3 Å². The second-order valence-electron chi connectivity index (χ2n) is 3.05. The predicted molar refractivity (Wildman–Crippen MR) is 64.6 cm³/mol. The fraction of sp³-hybridized carbons (Fsp3) is 0. The van der Waals surface area contributed by atoms with Crippen LogP contribution in [0.15, 0.2) is 46.7 Å². The topological polar surface area (TPSA) is 58.4 Å². The summed E-state index contributed by atoms with van der Waals surface area (Å²) in [5.41, 5.74) is 1.26. The summed E-state index contributed by atoms with van der Waals surface area (Å²) in [7, 11) is 0. The second-order valence-corrected chi connectivity index (χ2v) is 3.45. The Hall–Kier alpha value is -1.88. The molecule has 5 heteroatoms. The first-order valence-electron chi connectivity index (χ1n) is 4.60. The lowest BCUT2D eigenvalue weighted by Crippen LogP contribution is -1.84. The van der Waals surface area contributed by atoms with Crippen LogP contribution in [0.3, 0.4) is 0 Å². The smallest absolute Gasteiger partial charge is 0.241 e. The van der Waals surface area contributed by atoms with Crippen LogP contribution in [0, 0.1) is 0 Å². The van der Waals surface area contributed by atoms with Crippen molar-refractivity contribution in [3.63, 3.8) is 0 Å². The van der Waals surface area contributed by atoms with E-state index in [1.165, 1.54) is 6.20 Å². The zero-order chi connectivity index (χ0) is 11.4. The summed E-state index contributed by atoms with van der Waals surface area (Å²) >= 11 is 3.91. The first-order chi connectivity index (χ1) is 7.75. The lowest BCUT2D eigenvalue weighted by Gasteiger charge is -1.97. The number of rotatable bonds is 2. The van der Waals surface area contributed by atoms with Gasteiger partial charge in [0.05, 0.1) is 6.20 Å². The minimum atomic E-state index is -0.174. The highest BCUT2D eigenvalue weighted by molar-refractivity contribution is 7.80. The van der Waals surface area contributed by atoms with Crippen LogP contribution in [0.25, 0.3) is 0 Å². The summed E-state index contributed by atoms with van der Waals surface area (Å²) in [6.45, 7) is 0. The highest BCUT2D eigenvalue weighted by atomic mass is 32.1.